The summed E-state index contributed by atoms with van der Waals surface area (Å²) in [5.74, 6) is 0.950. The lowest BCUT2D eigenvalue weighted by atomic mass is 10.1. The van der Waals surface area contributed by atoms with Gasteiger partial charge in [-0.1, -0.05) is 32.0 Å². The van der Waals surface area contributed by atoms with Crippen molar-refractivity contribution >= 4 is 0 Å². The molecule has 0 saturated heterocycles. The maximum Gasteiger partial charge on any atom is 0.130 e. The normalized spacial score (nSPS) is 11.3. The van der Waals surface area contributed by atoms with E-state index < -0.39 is 0 Å². The highest BCUT2D eigenvalue weighted by atomic mass is 19.1. The second-order valence-corrected chi connectivity index (χ2v) is 6.74. The van der Waals surface area contributed by atoms with Gasteiger partial charge in [0.25, 0.3) is 0 Å². The molecule has 0 atom stereocenters. The molecule has 0 radical (unpaired) electrons. The third-order valence-corrected chi connectivity index (χ3v) is 4.10. The van der Waals surface area contributed by atoms with Crippen molar-refractivity contribution in [2.24, 2.45) is 0 Å². The molecular formula is C21H23FN4. The number of aromatic nitrogens is 3. The zero-order valence-electron chi connectivity index (χ0n) is 15.1. The molecule has 0 aliphatic rings. The van der Waals surface area contributed by atoms with Gasteiger partial charge in [0.1, 0.15) is 11.6 Å². The summed E-state index contributed by atoms with van der Waals surface area (Å²) in [6, 6.07) is 10.6. The van der Waals surface area contributed by atoms with Gasteiger partial charge in [-0.15, -0.1) is 0 Å². The third kappa shape index (κ3) is 5.17. The third-order valence-electron chi connectivity index (χ3n) is 4.10. The van der Waals surface area contributed by atoms with E-state index >= 15 is 0 Å². The fraction of sp³-hybridized carbons (Fsp3) is 0.286. The Morgan fingerprint density at radius 2 is 1.50 bits per heavy atom. The van der Waals surface area contributed by atoms with Gasteiger partial charge in [-0.25, -0.2) is 14.4 Å². The molecule has 0 aliphatic heterocycles. The highest BCUT2D eigenvalue weighted by molar-refractivity contribution is 5.17. The van der Waals surface area contributed by atoms with Crippen molar-refractivity contribution in [2.45, 2.75) is 39.4 Å². The van der Waals surface area contributed by atoms with E-state index in [-0.39, 0.29) is 5.82 Å². The van der Waals surface area contributed by atoms with Crippen LogP contribution in [0.3, 0.4) is 0 Å². The maximum absolute atomic E-state index is 13.2. The molecule has 0 aliphatic carbocycles. The molecule has 0 unspecified atom stereocenters. The van der Waals surface area contributed by atoms with E-state index in [0.29, 0.717) is 19.0 Å². The topological polar surface area (TPSA) is 41.9 Å². The summed E-state index contributed by atoms with van der Waals surface area (Å²) in [5.41, 5.74) is 3.25. The second kappa shape index (κ2) is 8.63. The van der Waals surface area contributed by atoms with E-state index in [1.165, 1.54) is 12.1 Å². The number of benzene rings is 1. The summed E-state index contributed by atoms with van der Waals surface area (Å²) in [5, 5.41) is 0. The summed E-state index contributed by atoms with van der Waals surface area (Å²) < 4.78 is 13.2. The lowest BCUT2D eigenvalue weighted by Crippen LogP contribution is -2.23. The minimum absolute atomic E-state index is 0.217. The van der Waals surface area contributed by atoms with Gasteiger partial charge in [-0.3, -0.25) is 9.88 Å². The molecule has 0 spiro atoms. The number of pyridine rings is 1. The van der Waals surface area contributed by atoms with E-state index in [1.807, 2.05) is 36.8 Å². The van der Waals surface area contributed by atoms with Gasteiger partial charge in [0.05, 0.1) is 0 Å². The Balaban J connectivity index is 1.76. The average molecular weight is 350 g/mol. The quantitative estimate of drug-likeness (QED) is 0.636. The number of hydrogen-bond donors (Lipinski definition) is 0. The molecule has 0 amide bonds. The lowest BCUT2D eigenvalue weighted by molar-refractivity contribution is 0.246. The van der Waals surface area contributed by atoms with Gasteiger partial charge in [0.2, 0.25) is 0 Å². The number of rotatable bonds is 7. The van der Waals surface area contributed by atoms with Crippen LogP contribution < -0.4 is 0 Å². The molecule has 3 rings (SSSR count). The molecule has 4 nitrogen and oxygen atoms in total. The van der Waals surface area contributed by atoms with Gasteiger partial charge in [-0.2, -0.15) is 0 Å². The van der Waals surface area contributed by atoms with Crippen molar-refractivity contribution in [3.05, 3.63) is 89.5 Å². The molecule has 2 aromatic heterocycles. The zero-order chi connectivity index (χ0) is 18.4. The highest BCUT2D eigenvalue weighted by Crippen LogP contribution is 2.15. The van der Waals surface area contributed by atoms with Crippen LogP contribution in [0.2, 0.25) is 0 Å². The van der Waals surface area contributed by atoms with Gasteiger partial charge in [0.15, 0.2) is 0 Å². The van der Waals surface area contributed by atoms with Crippen molar-refractivity contribution in [1.82, 2.24) is 19.9 Å². The molecule has 5 heteroatoms. The molecule has 0 saturated carbocycles. The largest absolute Gasteiger partial charge is 0.290 e. The van der Waals surface area contributed by atoms with Gasteiger partial charge in [0, 0.05) is 55.9 Å². The highest BCUT2D eigenvalue weighted by Gasteiger charge is 2.10. The van der Waals surface area contributed by atoms with Crippen molar-refractivity contribution in [3.63, 3.8) is 0 Å². The first-order chi connectivity index (χ1) is 12.6. The summed E-state index contributed by atoms with van der Waals surface area (Å²) in [4.78, 5) is 15.4. The minimum Gasteiger partial charge on any atom is -0.290 e. The van der Waals surface area contributed by atoms with Crippen molar-refractivity contribution < 1.29 is 4.39 Å². The Morgan fingerprint density at radius 3 is 2.12 bits per heavy atom. The SMILES string of the molecule is CC(C)c1ncc(CN(Cc2ccc(F)cc2)Cc2cccnc2)cn1. The fourth-order valence-corrected chi connectivity index (χ4v) is 2.77. The molecular weight excluding hydrogens is 327 g/mol. The number of halogens is 1. The van der Waals surface area contributed by atoms with Crippen molar-refractivity contribution in [3.8, 4) is 0 Å². The average Bonchev–Trinajstić information content (AvgIpc) is 2.65. The van der Waals surface area contributed by atoms with Crippen LogP contribution in [0.1, 0.15) is 42.3 Å². The molecule has 2 heterocycles. The number of nitrogens with zero attached hydrogens (tertiary/aromatic N) is 4. The van der Waals surface area contributed by atoms with E-state index in [0.717, 1.165) is 29.1 Å². The Kier molecular flexibility index (Phi) is 6.02. The standard InChI is InChI=1S/C21H23FN4/c1-16(2)21-24-11-19(12-25-21)15-26(14-18-4-3-9-23-10-18)13-17-5-7-20(22)8-6-17/h3-12,16H,13-15H2,1-2H3. The van der Waals surface area contributed by atoms with Crippen LogP contribution in [0.4, 0.5) is 4.39 Å². The van der Waals surface area contributed by atoms with Gasteiger partial charge < -0.3 is 0 Å². The van der Waals surface area contributed by atoms with Crippen LogP contribution in [0, 0.1) is 5.82 Å². The first-order valence-corrected chi connectivity index (χ1v) is 8.76. The molecule has 0 fully saturated rings. The van der Waals surface area contributed by atoms with Crippen LogP contribution in [0.5, 0.6) is 0 Å². The van der Waals surface area contributed by atoms with Crippen molar-refractivity contribution in [1.29, 1.82) is 0 Å². The predicted molar refractivity (Wildman–Crippen MR) is 99.7 cm³/mol. The molecule has 0 bridgehead atoms. The summed E-state index contributed by atoms with van der Waals surface area (Å²) in [7, 11) is 0. The molecule has 0 N–H and O–H groups in total. The molecule has 3 aromatic rings. The van der Waals surface area contributed by atoms with E-state index in [4.69, 9.17) is 0 Å². The molecule has 26 heavy (non-hydrogen) atoms. The lowest BCUT2D eigenvalue weighted by Gasteiger charge is -2.22. The summed E-state index contributed by atoms with van der Waals surface area (Å²) in [6.45, 7) is 6.33. The summed E-state index contributed by atoms with van der Waals surface area (Å²) >= 11 is 0. The molecule has 134 valence electrons. The zero-order valence-corrected chi connectivity index (χ0v) is 15.1. The monoisotopic (exact) mass is 350 g/mol. The second-order valence-electron chi connectivity index (χ2n) is 6.74. The molecule has 1 aromatic carbocycles. The predicted octanol–water partition coefficient (Wildman–Crippen LogP) is 4.34. The first kappa shape index (κ1) is 18.1. The van der Waals surface area contributed by atoms with E-state index in [9.17, 15) is 4.39 Å². The Bertz CT molecular complexity index is 802. The van der Waals surface area contributed by atoms with Crippen LogP contribution >= 0.6 is 0 Å². The summed E-state index contributed by atoms with van der Waals surface area (Å²) in [6.07, 6.45) is 7.43. The van der Waals surface area contributed by atoms with Crippen LogP contribution in [0.15, 0.2) is 61.2 Å². The fourth-order valence-electron chi connectivity index (χ4n) is 2.77. The Hall–Kier alpha value is -2.66. The Labute approximate surface area is 153 Å². The minimum atomic E-state index is -0.217. The van der Waals surface area contributed by atoms with Crippen LogP contribution in [-0.4, -0.2) is 19.9 Å². The van der Waals surface area contributed by atoms with Crippen LogP contribution in [0.25, 0.3) is 0 Å². The maximum atomic E-state index is 13.2. The van der Waals surface area contributed by atoms with E-state index in [1.54, 1.807) is 6.20 Å². The van der Waals surface area contributed by atoms with Gasteiger partial charge >= 0.3 is 0 Å². The van der Waals surface area contributed by atoms with E-state index in [2.05, 4.69) is 39.8 Å². The van der Waals surface area contributed by atoms with Crippen molar-refractivity contribution in [2.75, 3.05) is 0 Å². The smallest absolute Gasteiger partial charge is 0.130 e. The number of hydrogen-bond acceptors (Lipinski definition) is 4. The first-order valence-electron chi connectivity index (χ1n) is 8.76. The van der Waals surface area contributed by atoms with Crippen LogP contribution in [-0.2, 0) is 19.6 Å². The Morgan fingerprint density at radius 1 is 0.846 bits per heavy atom. The van der Waals surface area contributed by atoms with Gasteiger partial charge in [-0.05, 0) is 29.3 Å².